The third-order valence-electron chi connectivity index (χ3n) is 3.21. The Morgan fingerprint density at radius 1 is 1.17 bits per heavy atom. The molecule has 1 heteroatoms. The summed E-state index contributed by atoms with van der Waals surface area (Å²) >= 11 is 0. The summed E-state index contributed by atoms with van der Waals surface area (Å²) in [5, 5.41) is 10.0. The average molecular weight is 168 g/mol. The molecule has 2 aliphatic carbocycles. The van der Waals surface area contributed by atoms with E-state index in [4.69, 9.17) is 0 Å². The fourth-order valence-electron chi connectivity index (χ4n) is 1.97. The van der Waals surface area contributed by atoms with E-state index in [9.17, 15) is 5.11 Å². The van der Waals surface area contributed by atoms with E-state index in [0.29, 0.717) is 0 Å². The molecule has 70 valence electrons. The minimum absolute atomic E-state index is 0.343. The Bertz CT molecular complexity index is 154. The van der Waals surface area contributed by atoms with E-state index in [0.717, 1.165) is 24.7 Å². The molecule has 0 spiro atoms. The first-order valence-corrected chi connectivity index (χ1v) is 5.38. The lowest BCUT2D eigenvalue weighted by Gasteiger charge is -2.22. The lowest BCUT2D eigenvalue weighted by Crippen LogP contribution is -2.24. The van der Waals surface area contributed by atoms with E-state index in [1.165, 1.54) is 32.1 Å². The number of aliphatic hydroxyl groups is 1. The Labute approximate surface area is 75.2 Å². The molecule has 1 nitrogen and oxygen atoms in total. The molecule has 0 radical (unpaired) electrons. The van der Waals surface area contributed by atoms with Crippen molar-refractivity contribution < 1.29 is 5.11 Å². The van der Waals surface area contributed by atoms with Crippen LogP contribution in [0.2, 0.25) is 0 Å². The molecule has 0 bridgehead atoms. The van der Waals surface area contributed by atoms with Crippen molar-refractivity contribution in [2.75, 3.05) is 0 Å². The molecule has 2 saturated carbocycles. The Morgan fingerprint density at radius 2 is 1.75 bits per heavy atom. The number of hydrogen-bond acceptors (Lipinski definition) is 1. The lowest BCUT2D eigenvalue weighted by atomic mass is 9.92. The summed E-state index contributed by atoms with van der Waals surface area (Å²) in [7, 11) is 0. The molecule has 0 amide bonds. The van der Waals surface area contributed by atoms with Crippen LogP contribution in [0, 0.1) is 11.8 Å². The molecule has 1 atom stereocenters. The van der Waals surface area contributed by atoms with Crippen LogP contribution < -0.4 is 0 Å². The molecular formula is C11H20O. The molecule has 1 N–H and O–H groups in total. The van der Waals surface area contributed by atoms with Crippen molar-refractivity contribution in [3.63, 3.8) is 0 Å². The minimum atomic E-state index is -0.343. The van der Waals surface area contributed by atoms with Crippen LogP contribution in [0.25, 0.3) is 0 Å². The highest BCUT2D eigenvalue weighted by Gasteiger charge is 2.33. The molecule has 0 aromatic carbocycles. The topological polar surface area (TPSA) is 20.2 Å². The predicted molar refractivity (Wildman–Crippen MR) is 49.9 cm³/mol. The summed E-state index contributed by atoms with van der Waals surface area (Å²) in [5.41, 5.74) is -0.343. The summed E-state index contributed by atoms with van der Waals surface area (Å²) in [4.78, 5) is 0. The van der Waals surface area contributed by atoms with Gasteiger partial charge in [-0.2, -0.15) is 0 Å². The van der Waals surface area contributed by atoms with Gasteiger partial charge in [-0.25, -0.2) is 0 Å². The molecular weight excluding hydrogens is 148 g/mol. The van der Waals surface area contributed by atoms with E-state index >= 15 is 0 Å². The second-order valence-electron chi connectivity index (χ2n) is 5.13. The lowest BCUT2D eigenvalue weighted by molar-refractivity contribution is 0.0330. The average Bonchev–Trinajstić information content (AvgIpc) is 2.78. The van der Waals surface area contributed by atoms with Crippen LogP contribution >= 0.6 is 0 Å². The van der Waals surface area contributed by atoms with Gasteiger partial charge in [-0.1, -0.05) is 25.7 Å². The van der Waals surface area contributed by atoms with Crippen molar-refractivity contribution in [3.8, 4) is 0 Å². The van der Waals surface area contributed by atoms with E-state index in [-0.39, 0.29) is 5.60 Å². The highest BCUT2D eigenvalue weighted by molar-refractivity contribution is 4.85. The van der Waals surface area contributed by atoms with Crippen molar-refractivity contribution in [2.24, 2.45) is 11.8 Å². The third kappa shape index (κ3) is 2.78. The molecule has 0 aromatic heterocycles. The van der Waals surface area contributed by atoms with Crippen molar-refractivity contribution >= 4 is 0 Å². The Hall–Kier alpha value is -0.0400. The van der Waals surface area contributed by atoms with Crippen LogP contribution in [0.15, 0.2) is 0 Å². The van der Waals surface area contributed by atoms with E-state index < -0.39 is 0 Å². The molecule has 0 aliphatic heterocycles. The van der Waals surface area contributed by atoms with Crippen LogP contribution in [-0.4, -0.2) is 10.7 Å². The maximum Gasteiger partial charge on any atom is 0.0622 e. The Balaban J connectivity index is 1.66. The highest BCUT2D eigenvalue weighted by Crippen LogP contribution is 2.41. The Kier molecular flexibility index (Phi) is 2.16. The van der Waals surface area contributed by atoms with Crippen molar-refractivity contribution in [1.82, 2.24) is 0 Å². The first-order chi connectivity index (χ1) is 5.66. The summed E-state index contributed by atoms with van der Waals surface area (Å²) in [6.45, 7) is 2.02. The third-order valence-corrected chi connectivity index (χ3v) is 3.21. The predicted octanol–water partition coefficient (Wildman–Crippen LogP) is 2.73. The monoisotopic (exact) mass is 168 g/mol. The minimum Gasteiger partial charge on any atom is -0.390 e. The van der Waals surface area contributed by atoms with Gasteiger partial charge < -0.3 is 5.11 Å². The van der Waals surface area contributed by atoms with E-state index in [1.807, 2.05) is 6.92 Å². The molecule has 0 aromatic rings. The molecule has 1 unspecified atom stereocenters. The molecule has 12 heavy (non-hydrogen) atoms. The zero-order valence-electron chi connectivity index (χ0n) is 8.05. The van der Waals surface area contributed by atoms with Crippen molar-refractivity contribution in [2.45, 2.75) is 57.5 Å². The fourth-order valence-corrected chi connectivity index (χ4v) is 1.97. The SMILES string of the molecule is CC(O)(CCC1CC1)CC1CC1. The summed E-state index contributed by atoms with van der Waals surface area (Å²) in [6.07, 6.45) is 8.91. The summed E-state index contributed by atoms with van der Waals surface area (Å²) < 4.78 is 0. The van der Waals surface area contributed by atoms with Crippen LogP contribution in [0.1, 0.15) is 51.9 Å². The fraction of sp³-hybridized carbons (Fsp3) is 1.00. The zero-order chi connectivity index (χ0) is 8.60. The number of rotatable bonds is 5. The summed E-state index contributed by atoms with van der Waals surface area (Å²) in [5.74, 6) is 1.83. The van der Waals surface area contributed by atoms with Gasteiger partial charge in [0.1, 0.15) is 0 Å². The van der Waals surface area contributed by atoms with Crippen molar-refractivity contribution in [3.05, 3.63) is 0 Å². The van der Waals surface area contributed by atoms with E-state index in [1.54, 1.807) is 0 Å². The van der Waals surface area contributed by atoms with Gasteiger partial charge in [-0.15, -0.1) is 0 Å². The standard InChI is InChI=1S/C11H20O/c1-11(12,8-10-4-5-10)7-6-9-2-3-9/h9-10,12H,2-8H2,1H3. The van der Waals surface area contributed by atoms with Gasteiger partial charge in [0.15, 0.2) is 0 Å². The Morgan fingerprint density at radius 3 is 2.25 bits per heavy atom. The maximum atomic E-state index is 10.0. The van der Waals surface area contributed by atoms with Crippen LogP contribution in [-0.2, 0) is 0 Å². The summed E-state index contributed by atoms with van der Waals surface area (Å²) in [6, 6.07) is 0. The zero-order valence-corrected chi connectivity index (χ0v) is 8.05. The van der Waals surface area contributed by atoms with Gasteiger partial charge in [0, 0.05) is 0 Å². The van der Waals surface area contributed by atoms with Gasteiger partial charge in [0.2, 0.25) is 0 Å². The highest BCUT2D eigenvalue weighted by atomic mass is 16.3. The second-order valence-corrected chi connectivity index (χ2v) is 5.13. The molecule has 0 heterocycles. The molecule has 0 saturated heterocycles. The van der Waals surface area contributed by atoms with Crippen LogP contribution in [0.4, 0.5) is 0 Å². The molecule has 2 fully saturated rings. The second kappa shape index (κ2) is 3.02. The van der Waals surface area contributed by atoms with Gasteiger partial charge in [0.05, 0.1) is 5.60 Å². The van der Waals surface area contributed by atoms with Gasteiger partial charge in [-0.3, -0.25) is 0 Å². The van der Waals surface area contributed by atoms with Crippen LogP contribution in [0.5, 0.6) is 0 Å². The van der Waals surface area contributed by atoms with Crippen LogP contribution in [0.3, 0.4) is 0 Å². The maximum absolute atomic E-state index is 10.0. The van der Waals surface area contributed by atoms with Gasteiger partial charge >= 0.3 is 0 Å². The largest absolute Gasteiger partial charge is 0.390 e. The number of hydrogen-bond donors (Lipinski definition) is 1. The smallest absolute Gasteiger partial charge is 0.0622 e. The molecule has 2 aliphatic rings. The quantitative estimate of drug-likeness (QED) is 0.669. The van der Waals surface area contributed by atoms with Crippen molar-refractivity contribution in [1.29, 1.82) is 0 Å². The first kappa shape index (κ1) is 8.55. The van der Waals surface area contributed by atoms with E-state index in [2.05, 4.69) is 0 Å². The normalized spacial score (nSPS) is 28.5. The first-order valence-electron chi connectivity index (χ1n) is 5.38. The van der Waals surface area contributed by atoms with Gasteiger partial charge in [-0.05, 0) is 38.0 Å². The molecule has 2 rings (SSSR count). The van der Waals surface area contributed by atoms with Gasteiger partial charge in [0.25, 0.3) is 0 Å².